The Morgan fingerprint density at radius 2 is 2.04 bits per heavy atom. The monoisotopic (exact) mass is 471 g/mol. The average molecular weight is 471 g/mol. The number of hydrogen-bond acceptors (Lipinski definition) is 3. The zero-order chi connectivity index (χ0) is 19.1. The first-order valence-electron chi connectivity index (χ1n) is 8.54. The smallest absolute Gasteiger partial charge is 0.411 e. The Kier molecular flexibility index (Phi) is 5.02. The van der Waals surface area contributed by atoms with Crippen molar-refractivity contribution in [2.75, 3.05) is 6.54 Å². The zero-order valence-electron chi connectivity index (χ0n) is 15.3. The van der Waals surface area contributed by atoms with Crippen LogP contribution in [0.5, 0.6) is 0 Å². The van der Waals surface area contributed by atoms with E-state index in [1.165, 1.54) is 11.8 Å². The normalized spacial score (nSPS) is 23.3. The number of likely N-dealkylation sites (tertiary alicyclic amines) is 1. The molecule has 1 saturated heterocycles. The number of carbonyl (C=O) groups excluding carboxylic acids is 1. The molecule has 1 aromatic heterocycles. The third-order valence-electron chi connectivity index (χ3n) is 4.18. The average Bonchev–Trinajstić information content (AvgIpc) is 3.10. The number of aromatic amines is 1. The highest BCUT2D eigenvalue weighted by atomic mass is 127. The highest BCUT2D eigenvalue weighted by Crippen LogP contribution is 2.40. The van der Waals surface area contributed by atoms with E-state index < -0.39 is 23.4 Å². The van der Waals surface area contributed by atoms with Gasteiger partial charge in [0.1, 0.15) is 17.1 Å². The summed E-state index contributed by atoms with van der Waals surface area (Å²) in [5.41, 5.74) is -0.366. The van der Waals surface area contributed by atoms with Gasteiger partial charge in [-0.3, -0.25) is 4.90 Å². The molecule has 0 aliphatic carbocycles. The molecule has 1 aliphatic rings. The molecule has 2 heterocycles. The van der Waals surface area contributed by atoms with E-state index in [1.807, 2.05) is 24.3 Å². The van der Waals surface area contributed by atoms with Crippen molar-refractivity contribution in [3.05, 3.63) is 39.9 Å². The number of H-pyrrole nitrogens is 1. The Balaban J connectivity index is 1.86. The van der Waals surface area contributed by atoms with Gasteiger partial charge in [-0.2, -0.15) is 0 Å². The Bertz CT molecular complexity index is 796. The first kappa shape index (κ1) is 19.1. The number of imidazole rings is 1. The molecule has 1 amide bonds. The van der Waals surface area contributed by atoms with E-state index >= 15 is 0 Å². The van der Waals surface area contributed by atoms with E-state index in [1.54, 1.807) is 27.0 Å². The van der Waals surface area contributed by atoms with Gasteiger partial charge in [0.15, 0.2) is 0 Å². The van der Waals surface area contributed by atoms with Crippen LogP contribution >= 0.6 is 22.6 Å². The van der Waals surface area contributed by atoms with E-state index in [4.69, 9.17) is 4.74 Å². The largest absolute Gasteiger partial charge is 0.444 e. The van der Waals surface area contributed by atoms with Gasteiger partial charge in [-0.15, -0.1) is 0 Å². The number of aromatic nitrogens is 2. The summed E-state index contributed by atoms with van der Waals surface area (Å²) < 4.78 is 21.3. The minimum absolute atomic E-state index is 0.00779. The number of rotatable bonds is 2. The lowest BCUT2D eigenvalue weighted by Crippen LogP contribution is -2.38. The van der Waals surface area contributed by atoms with Crippen molar-refractivity contribution in [1.29, 1.82) is 0 Å². The molecule has 0 saturated carbocycles. The molecule has 140 valence electrons. The fourth-order valence-corrected chi connectivity index (χ4v) is 3.44. The van der Waals surface area contributed by atoms with Crippen LogP contribution in [-0.4, -0.2) is 38.8 Å². The number of nitrogens with one attached hydrogen (secondary N) is 1. The molecule has 1 fully saturated rings. The van der Waals surface area contributed by atoms with Crippen molar-refractivity contribution in [1.82, 2.24) is 14.9 Å². The fraction of sp³-hybridized carbons (Fsp3) is 0.474. The molecule has 5 nitrogen and oxygen atoms in total. The first-order chi connectivity index (χ1) is 12.0. The van der Waals surface area contributed by atoms with Crippen LogP contribution in [0.4, 0.5) is 9.18 Å². The summed E-state index contributed by atoms with van der Waals surface area (Å²) in [6, 6.07) is 7.51. The maximum atomic E-state index is 14.7. The third-order valence-corrected chi connectivity index (χ3v) is 4.90. The molecule has 0 bridgehead atoms. The summed E-state index contributed by atoms with van der Waals surface area (Å²) >= 11 is 2.25. The van der Waals surface area contributed by atoms with Crippen molar-refractivity contribution in [2.24, 2.45) is 0 Å². The van der Waals surface area contributed by atoms with Gasteiger partial charge in [0.2, 0.25) is 0 Å². The quantitative estimate of drug-likeness (QED) is 0.621. The van der Waals surface area contributed by atoms with Gasteiger partial charge in [0.25, 0.3) is 0 Å². The van der Waals surface area contributed by atoms with Crippen molar-refractivity contribution >= 4 is 28.7 Å². The third kappa shape index (κ3) is 4.36. The van der Waals surface area contributed by atoms with Gasteiger partial charge < -0.3 is 9.72 Å². The summed E-state index contributed by atoms with van der Waals surface area (Å²) in [4.78, 5) is 21.7. The molecule has 1 N–H and O–H groups in total. The number of benzene rings is 1. The molecular formula is C19H23FIN3O2. The second-order valence-corrected chi connectivity index (χ2v) is 9.17. The summed E-state index contributed by atoms with van der Waals surface area (Å²) in [5.74, 6) is 0.575. The highest BCUT2D eigenvalue weighted by molar-refractivity contribution is 14.1. The highest BCUT2D eigenvalue weighted by Gasteiger charge is 2.46. The predicted octanol–water partition coefficient (Wildman–Crippen LogP) is 5.09. The van der Waals surface area contributed by atoms with Gasteiger partial charge in [-0.25, -0.2) is 14.2 Å². The van der Waals surface area contributed by atoms with E-state index in [0.29, 0.717) is 5.82 Å². The van der Waals surface area contributed by atoms with Crippen molar-refractivity contribution in [3.8, 4) is 11.3 Å². The predicted molar refractivity (Wildman–Crippen MR) is 107 cm³/mol. The van der Waals surface area contributed by atoms with Crippen molar-refractivity contribution in [3.63, 3.8) is 0 Å². The van der Waals surface area contributed by atoms with E-state index in [9.17, 15) is 9.18 Å². The van der Waals surface area contributed by atoms with Crippen LogP contribution in [0.1, 0.15) is 46.0 Å². The summed E-state index contributed by atoms with van der Waals surface area (Å²) in [7, 11) is 0. The molecule has 26 heavy (non-hydrogen) atoms. The number of carbonyl (C=O) groups is 1. The molecule has 7 heteroatoms. The maximum Gasteiger partial charge on any atom is 0.411 e. The number of nitrogens with zero attached hydrogens (tertiary/aromatic N) is 2. The lowest BCUT2D eigenvalue weighted by atomic mass is 10.0. The van der Waals surface area contributed by atoms with E-state index in [-0.39, 0.29) is 13.0 Å². The van der Waals surface area contributed by atoms with Crippen LogP contribution in [0.25, 0.3) is 11.3 Å². The first-order valence-corrected chi connectivity index (χ1v) is 9.62. The van der Waals surface area contributed by atoms with Crippen LogP contribution in [0.2, 0.25) is 0 Å². The molecule has 2 aromatic rings. The molecule has 2 atom stereocenters. The van der Waals surface area contributed by atoms with Gasteiger partial charge in [0, 0.05) is 21.8 Å². The molecule has 1 aliphatic heterocycles. The number of amides is 1. The molecular weight excluding hydrogens is 448 g/mol. The second kappa shape index (κ2) is 6.83. The SMILES string of the molecule is CC(C)(C)OC(=O)N1C[C@](C)(F)C[C@H]1c1nc(-c2ccc(I)cc2)c[nH]1. The van der Waals surface area contributed by atoms with Gasteiger partial charge in [-0.05, 0) is 62.4 Å². The van der Waals surface area contributed by atoms with E-state index in [2.05, 4.69) is 32.6 Å². The van der Waals surface area contributed by atoms with Crippen molar-refractivity contribution in [2.45, 2.75) is 51.4 Å². The Hall–Kier alpha value is -1.64. The summed E-state index contributed by atoms with van der Waals surface area (Å²) in [5, 5.41) is 0. The second-order valence-electron chi connectivity index (χ2n) is 7.92. The van der Waals surface area contributed by atoms with Crippen LogP contribution in [0, 0.1) is 3.57 Å². The molecule has 3 rings (SSSR count). The van der Waals surface area contributed by atoms with Gasteiger partial charge in [0.05, 0.1) is 18.3 Å². The van der Waals surface area contributed by atoms with Crippen molar-refractivity contribution < 1.29 is 13.9 Å². The molecule has 0 unspecified atom stereocenters. The summed E-state index contributed by atoms with van der Waals surface area (Å²) in [6.45, 7) is 6.89. The lowest BCUT2D eigenvalue weighted by molar-refractivity contribution is 0.0197. The van der Waals surface area contributed by atoms with Crippen LogP contribution in [0.15, 0.2) is 30.5 Å². The minimum Gasteiger partial charge on any atom is -0.444 e. The number of hydrogen-bond donors (Lipinski definition) is 1. The Morgan fingerprint density at radius 1 is 1.38 bits per heavy atom. The fourth-order valence-electron chi connectivity index (χ4n) is 3.08. The van der Waals surface area contributed by atoms with E-state index in [0.717, 1.165) is 14.8 Å². The lowest BCUT2D eigenvalue weighted by Gasteiger charge is -2.27. The summed E-state index contributed by atoms with van der Waals surface area (Å²) in [6.07, 6.45) is 1.46. The number of ether oxygens (including phenoxy) is 1. The topological polar surface area (TPSA) is 58.2 Å². The Morgan fingerprint density at radius 3 is 2.65 bits per heavy atom. The minimum atomic E-state index is -1.47. The molecule has 0 spiro atoms. The van der Waals surface area contributed by atoms with Crippen LogP contribution < -0.4 is 0 Å². The van der Waals surface area contributed by atoms with Gasteiger partial charge in [-0.1, -0.05) is 12.1 Å². The molecule has 0 radical (unpaired) electrons. The van der Waals surface area contributed by atoms with Crippen LogP contribution in [-0.2, 0) is 4.74 Å². The Labute approximate surface area is 166 Å². The zero-order valence-corrected chi connectivity index (χ0v) is 17.5. The maximum absolute atomic E-state index is 14.7. The van der Waals surface area contributed by atoms with Gasteiger partial charge >= 0.3 is 6.09 Å². The number of alkyl halides is 1. The molecule has 1 aromatic carbocycles. The number of halogens is 2. The van der Waals surface area contributed by atoms with Crippen LogP contribution in [0.3, 0.4) is 0 Å². The standard InChI is InChI=1S/C19H23FIN3O2/c1-18(2,3)26-17(25)24-11-19(4,20)9-15(24)16-22-10-14(23-16)12-5-7-13(21)8-6-12/h5-8,10,15H,9,11H2,1-4H3,(H,22,23)/t15-,19+/m0/s1.